The Bertz CT molecular complexity index is 1310. The fraction of sp³-hybridized carbons (Fsp3) is 0.259. The Morgan fingerprint density at radius 1 is 0.857 bits per heavy atom. The van der Waals surface area contributed by atoms with Gasteiger partial charge in [-0.15, -0.1) is 0 Å². The van der Waals surface area contributed by atoms with Gasteiger partial charge < -0.3 is 9.64 Å². The van der Waals surface area contributed by atoms with Crippen molar-refractivity contribution < 1.29 is 22.7 Å². The average molecular weight is 495 g/mol. The first kappa shape index (κ1) is 26.1. The van der Waals surface area contributed by atoms with Crippen molar-refractivity contribution in [2.45, 2.75) is 25.7 Å². The molecule has 0 aliphatic heterocycles. The van der Waals surface area contributed by atoms with Crippen molar-refractivity contribution in [1.82, 2.24) is 4.31 Å². The van der Waals surface area contributed by atoms with Gasteiger partial charge >= 0.3 is 5.97 Å². The maximum atomic E-state index is 12.8. The number of esters is 1. The lowest BCUT2D eigenvalue weighted by atomic mass is 10.1. The van der Waals surface area contributed by atoms with E-state index in [2.05, 4.69) is 0 Å². The highest BCUT2D eigenvalue weighted by molar-refractivity contribution is 7.89. The Morgan fingerprint density at radius 3 is 2.17 bits per heavy atom. The van der Waals surface area contributed by atoms with Crippen LogP contribution in [0.5, 0.6) is 0 Å². The highest BCUT2D eigenvalue weighted by Crippen LogP contribution is 2.26. The van der Waals surface area contributed by atoms with Crippen LogP contribution in [0.15, 0.2) is 77.7 Å². The first-order valence-electron chi connectivity index (χ1n) is 11.5. The fourth-order valence-corrected chi connectivity index (χ4v) is 5.27. The molecule has 0 unspecified atom stereocenters. The Morgan fingerprint density at radius 2 is 1.51 bits per heavy atom. The quantitative estimate of drug-likeness (QED) is 0.307. The molecule has 8 heteroatoms. The SMILES string of the molecule is CCN(C(=O)COC(=O)/C=C/c1ccc(S(=O)(=O)N(CC)CC)cc1)c1cccc2ccccc12. The van der Waals surface area contributed by atoms with Crippen molar-refractivity contribution in [3.63, 3.8) is 0 Å². The van der Waals surface area contributed by atoms with Gasteiger partial charge in [0.15, 0.2) is 6.61 Å². The number of hydrogen-bond donors (Lipinski definition) is 0. The Kier molecular flexibility index (Phi) is 8.78. The van der Waals surface area contributed by atoms with Gasteiger partial charge in [0, 0.05) is 31.1 Å². The number of benzene rings is 3. The molecule has 3 aromatic rings. The summed E-state index contributed by atoms with van der Waals surface area (Å²) in [5.41, 5.74) is 1.40. The number of likely N-dealkylation sites (N-methyl/N-ethyl adjacent to an activating group) is 1. The second kappa shape index (κ2) is 11.8. The van der Waals surface area contributed by atoms with Crippen LogP contribution in [0.25, 0.3) is 16.8 Å². The number of sulfonamides is 1. The van der Waals surface area contributed by atoms with Gasteiger partial charge in [0.05, 0.1) is 10.6 Å². The summed E-state index contributed by atoms with van der Waals surface area (Å²) < 4.78 is 31.7. The molecular formula is C27H30N2O5S. The topological polar surface area (TPSA) is 84.0 Å². The lowest BCUT2D eigenvalue weighted by Gasteiger charge is -2.22. The van der Waals surface area contributed by atoms with Crippen molar-refractivity contribution in [1.29, 1.82) is 0 Å². The Hall–Kier alpha value is -3.49. The predicted octanol–water partition coefficient (Wildman–Crippen LogP) is 4.48. The predicted molar refractivity (Wildman–Crippen MR) is 139 cm³/mol. The summed E-state index contributed by atoms with van der Waals surface area (Å²) in [5, 5.41) is 1.97. The van der Waals surface area contributed by atoms with Gasteiger partial charge in [0.1, 0.15) is 0 Å². The van der Waals surface area contributed by atoms with E-state index < -0.39 is 16.0 Å². The monoisotopic (exact) mass is 494 g/mol. The van der Waals surface area contributed by atoms with E-state index in [0.29, 0.717) is 25.2 Å². The second-order valence-electron chi connectivity index (χ2n) is 7.74. The molecule has 0 saturated carbocycles. The van der Waals surface area contributed by atoms with E-state index in [0.717, 1.165) is 16.5 Å². The zero-order valence-electron chi connectivity index (χ0n) is 20.2. The number of amides is 1. The lowest BCUT2D eigenvalue weighted by molar-refractivity contribution is -0.142. The van der Waals surface area contributed by atoms with Gasteiger partial charge in [-0.2, -0.15) is 4.31 Å². The van der Waals surface area contributed by atoms with Crippen LogP contribution in [-0.2, 0) is 24.3 Å². The summed E-state index contributed by atoms with van der Waals surface area (Å²) >= 11 is 0. The van der Waals surface area contributed by atoms with Crippen molar-refractivity contribution in [3.05, 3.63) is 78.4 Å². The molecule has 3 rings (SSSR count). The van der Waals surface area contributed by atoms with Gasteiger partial charge in [0.25, 0.3) is 5.91 Å². The zero-order chi connectivity index (χ0) is 25.4. The van der Waals surface area contributed by atoms with E-state index in [9.17, 15) is 18.0 Å². The highest BCUT2D eigenvalue weighted by Gasteiger charge is 2.21. The molecule has 0 spiro atoms. The molecule has 0 aromatic heterocycles. The first-order valence-corrected chi connectivity index (χ1v) is 13.0. The molecular weight excluding hydrogens is 464 g/mol. The van der Waals surface area contributed by atoms with Crippen LogP contribution >= 0.6 is 0 Å². The van der Waals surface area contributed by atoms with E-state index in [-0.39, 0.29) is 17.4 Å². The number of rotatable bonds is 10. The van der Waals surface area contributed by atoms with E-state index in [1.807, 2.05) is 49.4 Å². The van der Waals surface area contributed by atoms with E-state index >= 15 is 0 Å². The van der Waals surface area contributed by atoms with Gasteiger partial charge in [-0.3, -0.25) is 4.79 Å². The third-order valence-corrected chi connectivity index (χ3v) is 7.71. The number of carbonyl (C=O) groups is 2. The summed E-state index contributed by atoms with van der Waals surface area (Å²) in [5.74, 6) is -0.983. The fourth-order valence-electron chi connectivity index (χ4n) is 3.81. The smallest absolute Gasteiger partial charge is 0.331 e. The third kappa shape index (κ3) is 6.15. The van der Waals surface area contributed by atoms with Crippen molar-refractivity contribution >= 4 is 44.4 Å². The highest BCUT2D eigenvalue weighted by atomic mass is 32.2. The molecule has 0 atom stereocenters. The maximum Gasteiger partial charge on any atom is 0.331 e. The van der Waals surface area contributed by atoms with E-state index in [4.69, 9.17) is 4.74 Å². The standard InChI is InChI=1S/C27H30N2O5S/c1-4-28(5-2)35(32,33)23-17-14-21(15-18-23)16-19-27(31)34-20-26(30)29(6-3)25-13-9-11-22-10-7-8-12-24(22)25/h7-19H,4-6,20H2,1-3H3/b19-16+. The van der Waals surface area contributed by atoms with Gasteiger partial charge in [-0.1, -0.05) is 62.4 Å². The molecule has 184 valence electrons. The Balaban J connectivity index is 1.62. The second-order valence-corrected chi connectivity index (χ2v) is 9.67. The molecule has 3 aromatic carbocycles. The largest absolute Gasteiger partial charge is 0.452 e. The molecule has 0 radical (unpaired) electrons. The number of carbonyl (C=O) groups excluding carboxylic acids is 2. The van der Waals surface area contributed by atoms with Crippen molar-refractivity contribution in [2.75, 3.05) is 31.1 Å². The molecule has 0 bridgehead atoms. The number of fused-ring (bicyclic) bond motifs is 1. The molecule has 0 saturated heterocycles. The van der Waals surface area contributed by atoms with E-state index in [1.165, 1.54) is 28.6 Å². The van der Waals surface area contributed by atoms with Crippen molar-refractivity contribution in [2.24, 2.45) is 0 Å². The van der Waals surface area contributed by atoms with Crippen LogP contribution in [0, 0.1) is 0 Å². The molecule has 0 aliphatic carbocycles. The lowest BCUT2D eigenvalue weighted by Crippen LogP contribution is -2.34. The molecule has 0 aliphatic rings. The van der Waals surface area contributed by atoms with Crippen LogP contribution < -0.4 is 4.90 Å². The minimum absolute atomic E-state index is 0.194. The molecule has 35 heavy (non-hydrogen) atoms. The van der Waals surface area contributed by atoms with Crippen molar-refractivity contribution in [3.8, 4) is 0 Å². The number of ether oxygens (including phenoxy) is 1. The zero-order valence-corrected chi connectivity index (χ0v) is 21.0. The minimum atomic E-state index is -3.54. The van der Waals surface area contributed by atoms with Gasteiger partial charge in [0.2, 0.25) is 10.0 Å². The molecule has 7 nitrogen and oxygen atoms in total. The van der Waals surface area contributed by atoms with Gasteiger partial charge in [-0.05, 0) is 42.1 Å². The van der Waals surface area contributed by atoms with Crippen LogP contribution in [0.3, 0.4) is 0 Å². The van der Waals surface area contributed by atoms with Crippen LogP contribution in [0.2, 0.25) is 0 Å². The normalized spacial score (nSPS) is 11.8. The summed E-state index contributed by atoms with van der Waals surface area (Å²) in [4.78, 5) is 26.8. The molecule has 0 heterocycles. The molecule has 0 fully saturated rings. The summed E-state index contributed by atoms with van der Waals surface area (Å²) in [6.07, 6.45) is 2.73. The maximum absolute atomic E-state index is 12.8. The molecule has 1 amide bonds. The Labute approximate surface area is 206 Å². The number of nitrogens with zero attached hydrogens (tertiary/aromatic N) is 2. The summed E-state index contributed by atoms with van der Waals surface area (Å²) in [6.45, 7) is 6.27. The number of hydrogen-bond acceptors (Lipinski definition) is 5. The summed E-state index contributed by atoms with van der Waals surface area (Å²) in [6, 6.07) is 19.8. The van der Waals surface area contributed by atoms with Gasteiger partial charge in [-0.25, -0.2) is 13.2 Å². The molecule has 0 N–H and O–H groups in total. The van der Waals surface area contributed by atoms with Crippen LogP contribution in [-0.4, -0.2) is 50.8 Å². The minimum Gasteiger partial charge on any atom is -0.452 e. The van der Waals surface area contributed by atoms with Crippen LogP contribution in [0.1, 0.15) is 26.3 Å². The van der Waals surface area contributed by atoms with E-state index in [1.54, 1.807) is 30.9 Å². The average Bonchev–Trinajstić information content (AvgIpc) is 2.87. The third-order valence-electron chi connectivity index (χ3n) is 5.65. The first-order chi connectivity index (χ1) is 16.8. The number of anilines is 1. The van der Waals surface area contributed by atoms with Crippen LogP contribution in [0.4, 0.5) is 5.69 Å². The summed E-state index contributed by atoms with van der Waals surface area (Å²) in [7, 11) is -3.54.